The Morgan fingerprint density at radius 1 is 1.12 bits per heavy atom. The molecule has 1 N–H and O–H groups in total. The second-order valence-corrected chi connectivity index (χ2v) is 9.19. The van der Waals surface area contributed by atoms with E-state index in [1.165, 1.54) is 12.1 Å². The topological polar surface area (TPSA) is 90.2 Å². The van der Waals surface area contributed by atoms with Gasteiger partial charge in [0.25, 0.3) is 5.69 Å². The normalized spacial score (nSPS) is 11.8. The van der Waals surface area contributed by atoms with Gasteiger partial charge in [0.15, 0.2) is 5.75 Å². The molecular weight excluding hydrogens is 499 g/mol. The lowest BCUT2D eigenvalue weighted by molar-refractivity contribution is -0.384. The van der Waals surface area contributed by atoms with Crippen molar-refractivity contribution in [2.75, 3.05) is 11.9 Å². The maximum atomic E-state index is 10.9. The van der Waals surface area contributed by atoms with Gasteiger partial charge < -0.3 is 10.1 Å². The Balaban J connectivity index is 1.58. The third kappa shape index (κ3) is 6.95. The molecule has 0 radical (unpaired) electrons. The number of benzene rings is 2. The number of halogens is 3. The van der Waals surface area contributed by atoms with Crippen molar-refractivity contribution >= 4 is 46.3 Å². The summed E-state index contributed by atoms with van der Waals surface area (Å²) in [6, 6.07) is 9.82. The van der Waals surface area contributed by atoms with Gasteiger partial charge in [-0.2, -0.15) is 0 Å². The molecule has 7 nitrogen and oxygen atoms in total. The van der Waals surface area contributed by atoms with Gasteiger partial charge in [0.05, 0.1) is 20.7 Å². The van der Waals surface area contributed by atoms with Crippen LogP contribution in [0.25, 0.3) is 0 Å². The summed E-state index contributed by atoms with van der Waals surface area (Å²) in [5.74, 6) is 1.84. The Morgan fingerprint density at radius 2 is 1.79 bits per heavy atom. The van der Waals surface area contributed by atoms with Crippen LogP contribution in [0.3, 0.4) is 0 Å². The summed E-state index contributed by atoms with van der Waals surface area (Å²) in [7, 11) is 0. The summed E-state index contributed by atoms with van der Waals surface area (Å²) in [6.07, 6.45) is 5.37. The Kier molecular flexibility index (Phi) is 9.33. The minimum Gasteiger partial charge on any atom is -0.454 e. The molecule has 1 atom stereocenters. The number of nitro benzene ring substituents is 1. The van der Waals surface area contributed by atoms with Gasteiger partial charge in [0.1, 0.15) is 22.9 Å². The van der Waals surface area contributed by atoms with Crippen molar-refractivity contribution in [3.63, 3.8) is 0 Å². The first-order chi connectivity index (χ1) is 16.3. The highest BCUT2D eigenvalue weighted by Crippen LogP contribution is 2.39. The zero-order chi connectivity index (χ0) is 24.7. The van der Waals surface area contributed by atoms with Crippen LogP contribution in [0.2, 0.25) is 15.1 Å². The number of non-ortho nitro benzene ring substituents is 1. The molecule has 0 amide bonds. The van der Waals surface area contributed by atoms with E-state index in [0.717, 1.165) is 36.9 Å². The van der Waals surface area contributed by atoms with E-state index in [4.69, 9.17) is 39.5 Å². The first kappa shape index (κ1) is 26.0. The van der Waals surface area contributed by atoms with Crippen LogP contribution in [-0.2, 0) is 12.8 Å². The van der Waals surface area contributed by atoms with E-state index in [0.29, 0.717) is 29.1 Å². The zero-order valence-corrected chi connectivity index (χ0v) is 21.1. The summed E-state index contributed by atoms with van der Waals surface area (Å²) in [6.45, 7) is 5.01. The number of nitrogens with one attached hydrogen (secondary N) is 1. The predicted octanol–water partition coefficient (Wildman–Crippen LogP) is 7.77. The summed E-state index contributed by atoms with van der Waals surface area (Å²) >= 11 is 18.7. The number of rotatable bonds is 11. The van der Waals surface area contributed by atoms with Crippen LogP contribution < -0.4 is 10.1 Å². The van der Waals surface area contributed by atoms with Gasteiger partial charge in [-0.25, -0.2) is 9.97 Å². The average Bonchev–Trinajstić information content (AvgIpc) is 2.79. The molecule has 0 saturated heterocycles. The van der Waals surface area contributed by atoms with Gasteiger partial charge >= 0.3 is 0 Å². The molecule has 180 valence electrons. The number of aromatic nitrogens is 2. The lowest BCUT2D eigenvalue weighted by Gasteiger charge is -2.13. The highest BCUT2D eigenvalue weighted by atomic mass is 35.5. The maximum absolute atomic E-state index is 10.9. The van der Waals surface area contributed by atoms with Gasteiger partial charge in [0.2, 0.25) is 0 Å². The van der Waals surface area contributed by atoms with Crippen LogP contribution in [0, 0.1) is 16.0 Å². The van der Waals surface area contributed by atoms with Crippen molar-refractivity contribution in [1.82, 2.24) is 9.97 Å². The summed E-state index contributed by atoms with van der Waals surface area (Å²) in [5, 5.41) is 14.9. The van der Waals surface area contributed by atoms with Crippen molar-refractivity contribution in [3.8, 4) is 11.5 Å². The maximum Gasteiger partial charge on any atom is 0.272 e. The molecule has 3 rings (SSSR count). The molecule has 1 aromatic heterocycles. The highest BCUT2D eigenvalue weighted by Gasteiger charge is 2.16. The van der Waals surface area contributed by atoms with Crippen LogP contribution in [-0.4, -0.2) is 21.4 Å². The van der Waals surface area contributed by atoms with Crippen LogP contribution in [0.5, 0.6) is 11.5 Å². The fraction of sp³-hybridized carbons (Fsp3) is 0.333. The molecule has 0 bridgehead atoms. The fourth-order valence-corrected chi connectivity index (χ4v) is 4.31. The second kappa shape index (κ2) is 12.2. The van der Waals surface area contributed by atoms with Crippen molar-refractivity contribution in [3.05, 3.63) is 79.2 Å². The molecule has 34 heavy (non-hydrogen) atoms. The molecule has 0 fully saturated rings. The third-order valence-electron chi connectivity index (χ3n) is 5.23. The molecule has 2 aromatic carbocycles. The molecular formula is C24H25Cl3N4O3. The first-order valence-corrected chi connectivity index (χ1v) is 12.0. The summed E-state index contributed by atoms with van der Waals surface area (Å²) < 4.78 is 5.74. The number of hydrogen-bond acceptors (Lipinski definition) is 6. The Labute approximate surface area is 213 Å². The van der Waals surface area contributed by atoms with Crippen molar-refractivity contribution in [1.29, 1.82) is 0 Å². The lowest BCUT2D eigenvalue weighted by Crippen LogP contribution is -2.09. The Hall–Kier alpha value is -2.61. The highest BCUT2D eigenvalue weighted by molar-refractivity contribution is 6.37. The predicted molar refractivity (Wildman–Crippen MR) is 137 cm³/mol. The number of nitrogens with zero attached hydrogens (tertiary/aromatic N) is 3. The molecule has 1 heterocycles. The van der Waals surface area contributed by atoms with Crippen molar-refractivity contribution in [2.24, 2.45) is 5.92 Å². The van der Waals surface area contributed by atoms with Gasteiger partial charge in [-0.3, -0.25) is 10.1 Å². The fourth-order valence-electron chi connectivity index (χ4n) is 3.51. The monoisotopic (exact) mass is 522 g/mol. The number of anilines is 1. The molecule has 10 heteroatoms. The van der Waals surface area contributed by atoms with E-state index in [-0.39, 0.29) is 21.5 Å². The molecule has 0 spiro atoms. The number of nitro groups is 1. The van der Waals surface area contributed by atoms with Crippen molar-refractivity contribution in [2.45, 2.75) is 39.5 Å². The minimum absolute atomic E-state index is 0.0673. The van der Waals surface area contributed by atoms with E-state index >= 15 is 0 Å². The van der Waals surface area contributed by atoms with E-state index in [9.17, 15) is 10.1 Å². The lowest BCUT2D eigenvalue weighted by atomic mass is 10.0. The van der Waals surface area contributed by atoms with E-state index in [1.54, 1.807) is 18.5 Å². The van der Waals surface area contributed by atoms with Crippen LogP contribution >= 0.6 is 34.8 Å². The van der Waals surface area contributed by atoms with Gasteiger partial charge in [-0.15, -0.1) is 0 Å². The smallest absolute Gasteiger partial charge is 0.272 e. The average molecular weight is 524 g/mol. The van der Waals surface area contributed by atoms with E-state index < -0.39 is 4.92 Å². The second-order valence-electron chi connectivity index (χ2n) is 8.00. The molecule has 1 unspecified atom stereocenters. The van der Waals surface area contributed by atoms with Crippen LogP contribution in [0.4, 0.5) is 11.5 Å². The zero-order valence-electron chi connectivity index (χ0n) is 18.9. The van der Waals surface area contributed by atoms with Crippen LogP contribution in [0.15, 0.2) is 42.7 Å². The summed E-state index contributed by atoms with van der Waals surface area (Å²) in [5.41, 5.74) is 1.74. The molecule has 0 aliphatic rings. The Morgan fingerprint density at radius 3 is 2.41 bits per heavy atom. The minimum atomic E-state index is -0.563. The quantitative estimate of drug-likeness (QED) is 0.204. The van der Waals surface area contributed by atoms with Crippen molar-refractivity contribution < 1.29 is 9.66 Å². The van der Waals surface area contributed by atoms with Crippen LogP contribution in [0.1, 0.15) is 37.9 Å². The van der Waals surface area contributed by atoms with Gasteiger partial charge in [-0.1, -0.05) is 73.6 Å². The van der Waals surface area contributed by atoms with E-state index in [2.05, 4.69) is 29.1 Å². The van der Waals surface area contributed by atoms with Gasteiger partial charge in [-0.05, 0) is 36.5 Å². The first-order valence-electron chi connectivity index (χ1n) is 10.9. The third-order valence-corrected chi connectivity index (χ3v) is 6.19. The molecule has 0 aliphatic heterocycles. The molecule has 0 aliphatic carbocycles. The standard InChI is InChI=1S/C24H25Cl3N4O3/c1-3-4-15(2)11-21-22(27)24(30-14-29-21)28-10-9-16-5-7-18(8-6-16)34-23-19(25)12-17(31(32)33)13-20(23)26/h5-8,12-15H,3-4,9-11H2,1-2H3,(H,28,29,30). The van der Waals surface area contributed by atoms with Gasteiger partial charge in [0, 0.05) is 18.7 Å². The number of ether oxygens (including phenoxy) is 1. The number of hydrogen-bond donors (Lipinski definition) is 1. The molecule has 0 saturated carbocycles. The molecule has 3 aromatic rings. The SMILES string of the molecule is CCCC(C)Cc1ncnc(NCCc2ccc(Oc3c(Cl)cc([N+](=O)[O-])cc3Cl)cc2)c1Cl. The summed E-state index contributed by atoms with van der Waals surface area (Å²) in [4.78, 5) is 19.0. The largest absolute Gasteiger partial charge is 0.454 e. The Bertz CT molecular complexity index is 1120. The van der Waals surface area contributed by atoms with E-state index in [1.807, 2.05) is 12.1 Å².